The van der Waals surface area contributed by atoms with Crippen molar-refractivity contribution in [1.82, 2.24) is 4.90 Å². The number of carbonyl (C=O) groups is 4. The van der Waals surface area contributed by atoms with Crippen LogP contribution in [0.3, 0.4) is 0 Å². The molecule has 33 heavy (non-hydrogen) atoms. The molecule has 8 nitrogen and oxygen atoms in total. The third-order valence-electron chi connectivity index (χ3n) is 5.15. The minimum absolute atomic E-state index is 0.00652. The molecule has 1 saturated heterocycles. The van der Waals surface area contributed by atoms with Crippen LogP contribution in [0, 0.1) is 5.92 Å². The zero-order valence-corrected chi connectivity index (χ0v) is 18.8. The van der Waals surface area contributed by atoms with Crippen molar-refractivity contribution in [3.8, 4) is 0 Å². The molecule has 11 heteroatoms. The van der Waals surface area contributed by atoms with Crippen LogP contribution in [0.4, 0.5) is 8.78 Å². The summed E-state index contributed by atoms with van der Waals surface area (Å²) in [5.74, 6) is -7.11. The number of ether oxygens (including phenoxy) is 3. The minimum Gasteiger partial charge on any atom is -0.456 e. The molecule has 0 aliphatic carbocycles. The van der Waals surface area contributed by atoms with Gasteiger partial charge >= 0.3 is 11.9 Å². The number of benzene rings is 1. The number of amides is 1. The van der Waals surface area contributed by atoms with Gasteiger partial charge in [0.25, 0.3) is 5.85 Å². The number of ketones is 1. The lowest BCUT2D eigenvalue weighted by molar-refractivity contribution is -0.222. The van der Waals surface area contributed by atoms with Gasteiger partial charge in [0.2, 0.25) is 12.0 Å². The molecule has 0 saturated carbocycles. The van der Waals surface area contributed by atoms with E-state index >= 15 is 8.78 Å². The average Bonchev–Trinajstić information content (AvgIpc) is 2.93. The summed E-state index contributed by atoms with van der Waals surface area (Å²) < 4.78 is 47.2. The maximum atomic E-state index is 16.0. The van der Waals surface area contributed by atoms with Crippen molar-refractivity contribution < 1.29 is 42.2 Å². The summed E-state index contributed by atoms with van der Waals surface area (Å²) in [5, 5.41) is 0.238. The molecule has 1 aromatic carbocycles. The summed E-state index contributed by atoms with van der Waals surface area (Å²) in [6.07, 6.45) is -2.65. The molecule has 3 rings (SSSR count). The van der Waals surface area contributed by atoms with Gasteiger partial charge in [-0.2, -0.15) is 0 Å². The summed E-state index contributed by atoms with van der Waals surface area (Å²) in [6.45, 7) is 2.68. The summed E-state index contributed by atoms with van der Waals surface area (Å²) in [6, 6.07) is 5.66. The standard InChI is InChI=1S/C22H22ClF2NO7/c1-12(2)17(29)32-19-21(3,24)20(26-8-7-15(27)10-16(26)28)33-22(19,25)11-31-18(30)13-5-4-6-14(23)9-13/h4-9,12,19-20H,10-11H2,1-3H3/t19-,20+,21+,22+/m0/s1. The number of nitrogens with zero attached hydrogens (tertiary/aromatic N) is 1. The molecular weight excluding hydrogens is 464 g/mol. The lowest BCUT2D eigenvalue weighted by Gasteiger charge is -2.33. The molecule has 0 spiro atoms. The monoisotopic (exact) mass is 485 g/mol. The summed E-state index contributed by atoms with van der Waals surface area (Å²) in [7, 11) is 0. The number of rotatable bonds is 6. The second kappa shape index (κ2) is 9.18. The molecule has 2 aliphatic heterocycles. The zero-order chi connectivity index (χ0) is 24.6. The molecule has 1 aromatic rings. The number of alkyl halides is 2. The van der Waals surface area contributed by atoms with Gasteiger partial charge in [0.05, 0.1) is 17.9 Å². The molecule has 0 bridgehead atoms. The second-order valence-corrected chi connectivity index (χ2v) is 8.66. The van der Waals surface area contributed by atoms with Gasteiger partial charge in [-0.3, -0.25) is 19.3 Å². The Morgan fingerprint density at radius 1 is 1.30 bits per heavy atom. The van der Waals surface area contributed by atoms with Gasteiger partial charge in [0, 0.05) is 11.2 Å². The van der Waals surface area contributed by atoms with Gasteiger partial charge in [0.15, 0.2) is 24.3 Å². The fourth-order valence-electron chi connectivity index (χ4n) is 3.42. The highest BCUT2D eigenvalue weighted by molar-refractivity contribution is 6.30. The SMILES string of the molecule is CC(C)C(=O)O[C@H]1[C@@](C)(F)[C@H](N2C=CC(=O)CC2=O)O[C@]1(F)COC(=O)c1cccc(Cl)c1. The lowest BCUT2D eigenvalue weighted by atomic mass is 9.95. The van der Waals surface area contributed by atoms with Crippen molar-refractivity contribution in [2.24, 2.45) is 5.92 Å². The maximum Gasteiger partial charge on any atom is 0.338 e. The average molecular weight is 486 g/mol. The van der Waals surface area contributed by atoms with E-state index in [9.17, 15) is 19.2 Å². The van der Waals surface area contributed by atoms with Crippen LogP contribution in [0.15, 0.2) is 36.5 Å². The number of carbonyl (C=O) groups excluding carboxylic acids is 4. The number of hydrogen-bond donors (Lipinski definition) is 0. The summed E-state index contributed by atoms with van der Waals surface area (Å²) in [4.78, 5) is 49.0. The summed E-state index contributed by atoms with van der Waals surface area (Å²) >= 11 is 5.84. The Bertz CT molecular complexity index is 1010. The van der Waals surface area contributed by atoms with Crippen molar-refractivity contribution in [1.29, 1.82) is 0 Å². The third-order valence-corrected chi connectivity index (χ3v) is 5.38. The van der Waals surface area contributed by atoms with Gasteiger partial charge in [0.1, 0.15) is 0 Å². The first-order chi connectivity index (χ1) is 15.3. The first-order valence-corrected chi connectivity index (χ1v) is 10.4. The number of allylic oxidation sites excluding steroid dienone is 1. The van der Waals surface area contributed by atoms with E-state index in [1.165, 1.54) is 38.1 Å². The Labute approximate surface area is 193 Å². The Balaban J connectivity index is 1.89. The Hall–Kier alpha value is -2.85. The van der Waals surface area contributed by atoms with Crippen LogP contribution in [0.2, 0.25) is 5.02 Å². The lowest BCUT2D eigenvalue weighted by Crippen LogP contribution is -2.54. The van der Waals surface area contributed by atoms with Crippen molar-refractivity contribution in [2.75, 3.05) is 6.61 Å². The van der Waals surface area contributed by atoms with E-state index in [1.807, 2.05) is 0 Å². The molecular formula is C22H22ClF2NO7. The van der Waals surface area contributed by atoms with Crippen LogP contribution < -0.4 is 0 Å². The first kappa shape index (κ1) is 24.8. The van der Waals surface area contributed by atoms with E-state index in [2.05, 4.69) is 0 Å². The summed E-state index contributed by atoms with van der Waals surface area (Å²) in [5.41, 5.74) is -2.76. The van der Waals surface area contributed by atoms with Gasteiger partial charge in [-0.05, 0) is 31.2 Å². The maximum absolute atomic E-state index is 16.0. The molecule has 2 aliphatic rings. The van der Waals surface area contributed by atoms with Crippen molar-refractivity contribution in [2.45, 2.75) is 51.0 Å². The van der Waals surface area contributed by atoms with Gasteiger partial charge < -0.3 is 14.2 Å². The highest BCUT2D eigenvalue weighted by Gasteiger charge is 2.69. The van der Waals surface area contributed by atoms with Gasteiger partial charge in [-0.15, -0.1) is 0 Å². The van der Waals surface area contributed by atoms with E-state index in [1.54, 1.807) is 0 Å². The Kier molecular flexibility index (Phi) is 6.90. The first-order valence-electron chi connectivity index (χ1n) is 10.1. The molecule has 4 atom stereocenters. The number of halogens is 3. The van der Waals surface area contributed by atoms with E-state index < -0.39 is 66.4 Å². The molecule has 1 fully saturated rings. The van der Waals surface area contributed by atoms with Gasteiger partial charge in [-0.1, -0.05) is 31.5 Å². The largest absolute Gasteiger partial charge is 0.456 e. The smallest absolute Gasteiger partial charge is 0.338 e. The van der Waals surface area contributed by atoms with Crippen LogP contribution in [0.25, 0.3) is 0 Å². The topological polar surface area (TPSA) is 99.2 Å². The molecule has 0 aromatic heterocycles. The fraction of sp³-hybridized carbons (Fsp3) is 0.455. The van der Waals surface area contributed by atoms with E-state index in [-0.39, 0.29) is 10.6 Å². The predicted molar refractivity (Wildman–Crippen MR) is 110 cm³/mol. The number of esters is 2. The molecule has 1 amide bonds. The van der Waals surface area contributed by atoms with Crippen molar-refractivity contribution in [3.05, 3.63) is 47.1 Å². The highest BCUT2D eigenvalue weighted by Crippen LogP contribution is 2.46. The molecule has 0 unspecified atom stereocenters. The second-order valence-electron chi connectivity index (χ2n) is 8.23. The van der Waals surface area contributed by atoms with E-state index in [0.717, 1.165) is 24.1 Å². The Morgan fingerprint density at radius 3 is 2.61 bits per heavy atom. The van der Waals surface area contributed by atoms with Crippen LogP contribution in [-0.2, 0) is 28.6 Å². The fourth-order valence-corrected chi connectivity index (χ4v) is 3.62. The zero-order valence-electron chi connectivity index (χ0n) is 18.0. The predicted octanol–water partition coefficient (Wildman–Crippen LogP) is 3.13. The van der Waals surface area contributed by atoms with Crippen molar-refractivity contribution >= 4 is 35.2 Å². The minimum atomic E-state index is -3.14. The third kappa shape index (κ3) is 5.06. The Morgan fingerprint density at radius 2 is 2.00 bits per heavy atom. The van der Waals surface area contributed by atoms with Crippen LogP contribution in [0.5, 0.6) is 0 Å². The van der Waals surface area contributed by atoms with E-state index in [4.69, 9.17) is 25.8 Å². The van der Waals surface area contributed by atoms with Crippen molar-refractivity contribution in [3.63, 3.8) is 0 Å². The number of hydrogen-bond acceptors (Lipinski definition) is 7. The van der Waals surface area contributed by atoms with Crippen LogP contribution in [-0.4, -0.2) is 59.0 Å². The van der Waals surface area contributed by atoms with E-state index in [0.29, 0.717) is 0 Å². The normalized spacial score (nSPS) is 29.5. The molecule has 178 valence electrons. The van der Waals surface area contributed by atoms with Crippen LogP contribution >= 0.6 is 11.6 Å². The highest BCUT2D eigenvalue weighted by atomic mass is 35.5. The molecule has 2 heterocycles. The molecule has 0 radical (unpaired) electrons. The van der Waals surface area contributed by atoms with Crippen LogP contribution in [0.1, 0.15) is 37.6 Å². The molecule has 0 N–H and O–H groups in total. The quantitative estimate of drug-likeness (QED) is 0.451. The van der Waals surface area contributed by atoms with Gasteiger partial charge in [-0.25, -0.2) is 13.6 Å².